The number of benzene rings is 1. The predicted molar refractivity (Wildman–Crippen MR) is 123 cm³/mol. The molecule has 1 fully saturated rings. The number of anilines is 2. The minimum Gasteiger partial charge on any atom is -0.444 e. The highest BCUT2D eigenvalue weighted by molar-refractivity contribution is 6.05. The smallest absolute Gasteiger partial charge is 0.410 e. The van der Waals surface area contributed by atoms with Crippen molar-refractivity contribution in [2.24, 2.45) is 21.5 Å². The van der Waals surface area contributed by atoms with Gasteiger partial charge in [-0.3, -0.25) is 4.90 Å². The summed E-state index contributed by atoms with van der Waals surface area (Å²) in [6.07, 6.45) is 4.82. The van der Waals surface area contributed by atoms with E-state index in [9.17, 15) is 4.79 Å². The van der Waals surface area contributed by atoms with Crippen molar-refractivity contribution in [1.82, 2.24) is 4.90 Å². The maximum Gasteiger partial charge on any atom is 0.410 e. The molecule has 5 N–H and O–H groups in total. The van der Waals surface area contributed by atoms with Crippen LogP contribution < -0.4 is 21.7 Å². The summed E-state index contributed by atoms with van der Waals surface area (Å²) >= 11 is 0. The Bertz CT molecular complexity index is 913. The number of nitrogens with one attached hydrogen (secondary N) is 1. The maximum absolute atomic E-state index is 12.6. The Balaban J connectivity index is 1.62. The molecule has 2 aliphatic heterocycles. The third-order valence-corrected chi connectivity index (χ3v) is 5.91. The van der Waals surface area contributed by atoms with Crippen LogP contribution in [0.25, 0.3) is 0 Å². The molecule has 3 aliphatic rings. The van der Waals surface area contributed by atoms with Gasteiger partial charge in [-0.1, -0.05) is 12.5 Å². The van der Waals surface area contributed by atoms with Gasteiger partial charge in [-0.2, -0.15) is 4.99 Å². The van der Waals surface area contributed by atoms with Crippen LogP contribution in [0.2, 0.25) is 0 Å². The minimum absolute atomic E-state index is 0.247. The standard InChI is InChI=1S/C22H33N7O2/c1-21(2,3)31-20(30)28-12-11-25-17-13-16(8-7-15(17)14-28)29-19(24)26-18(23)27-22(29)9-5-4-6-10-22/h7-8,13,25H,4-6,9-12,14H2,1-3H3,(H4,23,24,26,27). The van der Waals surface area contributed by atoms with Crippen LogP contribution in [0.1, 0.15) is 58.4 Å². The predicted octanol–water partition coefficient (Wildman–Crippen LogP) is 2.96. The van der Waals surface area contributed by atoms with Crippen LogP contribution in [0.5, 0.6) is 0 Å². The number of carbonyl (C=O) groups excluding carboxylic acids is 1. The Morgan fingerprint density at radius 2 is 1.94 bits per heavy atom. The van der Waals surface area contributed by atoms with Crippen molar-refractivity contribution in [1.29, 1.82) is 0 Å². The number of hydrogen-bond acceptors (Lipinski definition) is 8. The molecule has 168 valence electrons. The van der Waals surface area contributed by atoms with E-state index in [2.05, 4.69) is 16.4 Å². The summed E-state index contributed by atoms with van der Waals surface area (Å²) < 4.78 is 5.56. The fourth-order valence-electron chi connectivity index (χ4n) is 4.59. The number of amides is 1. The van der Waals surface area contributed by atoms with E-state index < -0.39 is 11.3 Å². The normalized spacial score (nSPS) is 20.9. The summed E-state index contributed by atoms with van der Waals surface area (Å²) in [6, 6.07) is 6.13. The first-order valence-electron chi connectivity index (χ1n) is 11.0. The van der Waals surface area contributed by atoms with E-state index in [4.69, 9.17) is 21.2 Å². The molecule has 0 atom stereocenters. The zero-order valence-corrected chi connectivity index (χ0v) is 18.6. The zero-order valence-electron chi connectivity index (χ0n) is 18.6. The lowest BCUT2D eigenvalue weighted by molar-refractivity contribution is 0.0245. The highest BCUT2D eigenvalue weighted by Gasteiger charge is 2.42. The molecule has 0 unspecified atom stereocenters. The van der Waals surface area contributed by atoms with Crippen LogP contribution in [0.4, 0.5) is 16.2 Å². The monoisotopic (exact) mass is 427 g/mol. The fourth-order valence-corrected chi connectivity index (χ4v) is 4.59. The highest BCUT2D eigenvalue weighted by Crippen LogP contribution is 2.40. The van der Waals surface area contributed by atoms with Gasteiger partial charge in [0.05, 0.1) is 6.54 Å². The van der Waals surface area contributed by atoms with E-state index in [1.165, 1.54) is 6.42 Å². The summed E-state index contributed by atoms with van der Waals surface area (Å²) in [5.74, 6) is 0.620. The zero-order chi connectivity index (χ0) is 22.2. The number of hydrogen-bond donors (Lipinski definition) is 3. The Kier molecular flexibility index (Phi) is 5.45. The maximum atomic E-state index is 12.6. The van der Waals surface area contributed by atoms with E-state index in [1.807, 2.05) is 37.8 Å². The number of guanidine groups is 2. The molecule has 9 heteroatoms. The Hall–Kier alpha value is -2.97. The fraction of sp³-hybridized carbons (Fsp3) is 0.591. The lowest BCUT2D eigenvalue weighted by atomic mass is 9.87. The third-order valence-electron chi connectivity index (χ3n) is 5.91. The highest BCUT2D eigenvalue weighted by atomic mass is 16.6. The first-order chi connectivity index (χ1) is 14.7. The molecule has 9 nitrogen and oxygen atoms in total. The van der Waals surface area contributed by atoms with Crippen molar-refractivity contribution < 1.29 is 9.53 Å². The van der Waals surface area contributed by atoms with E-state index in [1.54, 1.807) is 4.90 Å². The number of rotatable bonds is 1. The largest absolute Gasteiger partial charge is 0.444 e. The molecule has 1 aromatic rings. The van der Waals surface area contributed by atoms with Crippen molar-refractivity contribution in [3.63, 3.8) is 0 Å². The van der Waals surface area contributed by atoms with Crippen LogP contribution in [0.3, 0.4) is 0 Å². The molecule has 1 saturated carbocycles. The van der Waals surface area contributed by atoms with Gasteiger partial charge in [0.25, 0.3) is 0 Å². The van der Waals surface area contributed by atoms with Gasteiger partial charge in [-0.25, -0.2) is 9.79 Å². The molecule has 1 amide bonds. The quantitative estimate of drug-likeness (QED) is 0.633. The number of fused-ring (bicyclic) bond motifs is 1. The van der Waals surface area contributed by atoms with Crippen LogP contribution in [0, 0.1) is 0 Å². The van der Waals surface area contributed by atoms with E-state index in [0.29, 0.717) is 25.6 Å². The molecule has 2 heterocycles. The van der Waals surface area contributed by atoms with Crippen molar-refractivity contribution >= 4 is 29.4 Å². The first kappa shape index (κ1) is 21.3. The van der Waals surface area contributed by atoms with Gasteiger partial charge in [0, 0.05) is 24.5 Å². The molecule has 1 aromatic carbocycles. The molecular formula is C22H33N7O2. The molecular weight excluding hydrogens is 394 g/mol. The minimum atomic E-state index is -0.523. The van der Waals surface area contributed by atoms with E-state index in [-0.39, 0.29) is 12.1 Å². The Morgan fingerprint density at radius 3 is 2.65 bits per heavy atom. The lowest BCUT2D eigenvalue weighted by Crippen LogP contribution is -2.58. The summed E-state index contributed by atoms with van der Waals surface area (Å²) in [5.41, 5.74) is 14.3. The molecule has 0 radical (unpaired) electrons. The average molecular weight is 428 g/mol. The lowest BCUT2D eigenvalue weighted by Gasteiger charge is -2.45. The van der Waals surface area contributed by atoms with Crippen LogP contribution in [-0.4, -0.2) is 47.3 Å². The van der Waals surface area contributed by atoms with Gasteiger partial charge >= 0.3 is 6.09 Å². The van der Waals surface area contributed by atoms with Crippen molar-refractivity contribution in [2.45, 2.75) is 70.7 Å². The SMILES string of the molecule is CC(C)(C)OC(=O)N1CCNc2cc(N3C(N)=NC(N)=NC34CCCCC4)ccc2C1. The number of nitrogens with zero attached hydrogens (tertiary/aromatic N) is 4. The summed E-state index contributed by atoms with van der Waals surface area (Å²) in [7, 11) is 0. The molecule has 0 aromatic heterocycles. The molecule has 0 saturated heterocycles. The van der Waals surface area contributed by atoms with Crippen molar-refractivity contribution in [3.05, 3.63) is 23.8 Å². The van der Waals surface area contributed by atoms with Crippen molar-refractivity contribution in [3.8, 4) is 0 Å². The molecule has 0 bridgehead atoms. The number of nitrogens with two attached hydrogens (primary N) is 2. The Morgan fingerprint density at radius 1 is 1.19 bits per heavy atom. The van der Waals surface area contributed by atoms with Crippen LogP contribution >= 0.6 is 0 Å². The number of ether oxygens (including phenoxy) is 1. The third kappa shape index (κ3) is 4.40. The second-order valence-electron chi connectivity index (χ2n) is 9.49. The van der Waals surface area contributed by atoms with Crippen LogP contribution in [-0.2, 0) is 11.3 Å². The molecule has 1 spiro atoms. The van der Waals surface area contributed by atoms with Gasteiger partial charge in [0.2, 0.25) is 11.9 Å². The average Bonchev–Trinajstić information content (AvgIpc) is 2.89. The van der Waals surface area contributed by atoms with Crippen molar-refractivity contribution in [2.75, 3.05) is 23.3 Å². The summed E-state index contributed by atoms with van der Waals surface area (Å²) in [6.45, 7) is 7.32. The summed E-state index contributed by atoms with van der Waals surface area (Å²) in [4.78, 5) is 25.3. The number of aliphatic imine (C=N–C) groups is 2. The number of carbonyl (C=O) groups is 1. The molecule has 4 rings (SSSR count). The summed E-state index contributed by atoms with van der Waals surface area (Å²) in [5, 5.41) is 3.45. The molecule has 1 aliphatic carbocycles. The van der Waals surface area contributed by atoms with Gasteiger partial charge < -0.3 is 26.4 Å². The van der Waals surface area contributed by atoms with Crippen LogP contribution in [0.15, 0.2) is 28.2 Å². The first-order valence-corrected chi connectivity index (χ1v) is 11.0. The topological polar surface area (TPSA) is 122 Å². The second-order valence-corrected chi connectivity index (χ2v) is 9.49. The van der Waals surface area contributed by atoms with Gasteiger partial charge in [-0.15, -0.1) is 0 Å². The van der Waals surface area contributed by atoms with E-state index >= 15 is 0 Å². The van der Waals surface area contributed by atoms with Gasteiger partial charge in [-0.05, 0) is 64.2 Å². The van der Waals surface area contributed by atoms with Gasteiger partial charge in [0.1, 0.15) is 11.3 Å². The van der Waals surface area contributed by atoms with Gasteiger partial charge in [0.15, 0.2) is 0 Å². The van der Waals surface area contributed by atoms with E-state index in [0.717, 1.165) is 42.6 Å². The second kappa shape index (κ2) is 7.94. The Labute approximate surface area is 183 Å². The molecule has 31 heavy (non-hydrogen) atoms.